The van der Waals surface area contributed by atoms with Gasteiger partial charge in [0.2, 0.25) is 0 Å². The first-order chi connectivity index (χ1) is 9.97. The van der Waals surface area contributed by atoms with E-state index in [1.807, 2.05) is 0 Å². The van der Waals surface area contributed by atoms with Gasteiger partial charge in [0.25, 0.3) is 5.91 Å². The quantitative estimate of drug-likeness (QED) is 0.906. The molecule has 1 aliphatic rings. The van der Waals surface area contributed by atoms with Crippen LogP contribution in [0.3, 0.4) is 0 Å². The number of nitrogens with zero attached hydrogens (tertiary/aromatic N) is 1. The molecule has 21 heavy (non-hydrogen) atoms. The van der Waals surface area contributed by atoms with E-state index in [4.69, 9.17) is 16.3 Å². The standard InChI is InChI=1S/C15H16ClNO4/c1-9(18)12-13(10-3-5-11(16)6-4-10)17(7-8-21-2)15(20)14(12)19/h3-6,13,19H,7-8H2,1-2H3. The smallest absolute Gasteiger partial charge is 0.290 e. The van der Waals surface area contributed by atoms with Gasteiger partial charge in [-0.15, -0.1) is 0 Å². The first-order valence-electron chi connectivity index (χ1n) is 6.46. The van der Waals surface area contributed by atoms with Gasteiger partial charge in [0, 0.05) is 18.7 Å². The molecule has 1 heterocycles. The summed E-state index contributed by atoms with van der Waals surface area (Å²) >= 11 is 5.87. The van der Waals surface area contributed by atoms with E-state index >= 15 is 0 Å². The van der Waals surface area contributed by atoms with Crippen molar-refractivity contribution in [1.82, 2.24) is 4.90 Å². The monoisotopic (exact) mass is 309 g/mol. The van der Waals surface area contributed by atoms with E-state index < -0.39 is 17.7 Å². The Hall–Kier alpha value is -1.85. The van der Waals surface area contributed by atoms with Crippen LogP contribution in [-0.4, -0.2) is 42.0 Å². The van der Waals surface area contributed by atoms with Crippen LogP contribution in [0.25, 0.3) is 0 Å². The molecule has 5 nitrogen and oxygen atoms in total. The summed E-state index contributed by atoms with van der Waals surface area (Å²) in [6.07, 6.45) is 0. The predicted octanol–water partition coefficient (Wildman–Crippen LogP) is 2.27. The molecule has 1 atom stereocenters. The van der Waals surface area contributed by atoms with Crippen LogP contribution in [-0.2, 0) is 14.3 Å². The molecule has 1 aromatic carbocycles. The molecule has 0 bridgehead atoms. The van der Waals surface area contributed by atoms with E-state index in [-0.39, 0.29) is 17.9 Å². The van der Waals surface area contributed by atoms with Gasteiger partial charge in [0.05, 0.1) is 18.2 Å². The third kappa shape index (κ3) is 2.94. The lowest BCUT2D eigenvalue weighted by molar-refractivity contribution is -0.130. The van der Waals surface area contributed by atoms with E-state index in [9.17, 15) is 14.7 Å². The third-order valence-corrected chi connectivity index (χ3v) is 3.66. The Labute approximate surface area is 127 Å². The molecule has 2 rings (SSSR count). The molecule has 1 unspecified atom stereocenters. The summed E-state index contributed by atoms with van der Waals surface area (Å²) in [6, 6.07) is 6.23. The van der Waals surface area contributed by atoms with Gasteiger partial charge >= 0.3 is 0 Å². The summed E-state index contributed by atoms with van der Waals surface area (Å²) in [4.78, 5) is 25.4. The number of hydrogen-bond acceptors (Lipinski definition) is 4. The molecule has 1 aliphatic heterocycles. The fourth-order valence-corrected chi connectivity index (χ4v) is 2.55. The zero-order valence-corrected chi connectivity index (χ0v) is 12.6. The number of carbonyl (C=O) groups excluding carboxylic acids is 2. The molecule has 112 valence electrons. The lowest BCUT2D eigenvalue weighted by atomic mass is 9.97. The average molecular weight is 310 g/mol. The normalized spacial score (nSPS) is 18.5. The fourth-order valence-electron chi connectivity index (χ4n) is 2.43. The molecular formula is C15H16ClNO4. The molecule has 1 N–H and O–H groups in total. The molecule has 6 heteroatoms. The number of halogens is 1. The fraction of sp³-hybridized carbons (Fsp3) is 0.333. The number of hydrogen-bond donors (Lipinski definition) is 1. The van der Waals surface area contributed by atoms with Gasteiger partial charge in [0.1, 0.15) is 0 Å². The molecule has 1 amide bonds. The van der Waals surface area contributed by atoms with Crippen LogP contribution < -0.4 is 0 Å². The van der Waals surface area contributed by atoms with Crippen LogP contribution in [0.2, 0.25) is 5.02 Å². The lowest BCUT2D eigenvalue weighted by Crippen LogP contribution is -2.33. The van der Waals surface area contributed by atoms with E-state index in [0.717, 1.165) is 5.56 Å². The SMILES string of the molecule is COCCN1C(=O)C(O)=C(C(C)=O)C1c1ccc(Cl)cc1. The van der Waals surface area contributed by atoms with E-state index in [1.54, 1.807) is 24.3 Å². The molecule has 0 aromatic heterocycles. The second kappa shape index (κ2) is 6.28. The van der Waals surface area contributed by atoms with E-state index in [1.165, 1.54) is 18.9 Å². The number of rotatable bonds is 5. The summed E-state index contributed by atoms with van der Waals surface area (Å²) in [5.74, 6) is -1.38. The van der Waals surface area contributed by atoms with Crippen LogP contribution >= 0.6 is 11.6 Å². The van der Waals surface area contributed by atoms with Crippen molar-refractivity contribution in [3.05, 3.63) is 46.2 Å². The Kier molecular flexibility index (Phi) is 4.65. The molecule has 0 saturated heterocycles. The predicted molar refractivity (Wildman–Crippen MR) is 78.1 cm³/mol. The number of benzene rings is 1. The number of ketones is 1. The van der Waals surface area contributed by atoms with Crippen molar-refractivity contribution in [2.45, 2.75) is 13.0 Å². The van der Waals surface area contributed by atoms with Gasteiger partial charge < -0.3 is 14.7 Å². The topological polar surface area (TPSA) is 66.8 Å². The van der Waals surface area contributed by atoms with E-state index in [0.29, 0.717) is 11.6 Å². The largest absolute Gasteiger partial charge is 0.503 e. The minimum atomic E-state index is -0.609. The summed E-state index contributed by atoms with van der Waals surface area (Å²) in [5.41, 5.74) is 0.830. The first kappa shape index (κ1) is 15.5. The van der Waals surface area contributed by atoms with Crippen molar-refractivity contribution < 1.29 is 19.4 Å². The van der Waals surface area contributed by atoms with Crippen molar-refractivity contribution >= 4 is 23.3 Å². The van der Waals surface area contributed by atoms with Gasteiger partial charge in [-0.1, -0.05) is 23.7 Å². The van der Waals surface area contributed by atoms with Gasteiger partial charge in [-0.25, -0.2) is 0 Å². The van der Waals surface area contributed by atoms with E-state index in [2.05, 4.69) is 0 Å². The zero-order valence-electron chi connectivity index (χ0n) is 11.8. The first-order valence-corrected chi connectivity index (χ1v) is 6.84. The number of aliphatic hydroxyl groups is 1. The average Bonchev–Trinajstić information content (AvgIpc) is 2.70. The number of carbonyl (C=O) groups is 2. The second-order valence-electron chi connectivity index (χ2n) is 4.76. The molecule has 0 saturated carbocycles. The summed E-state index contributed by atoms with van der Waals surface area (Å²) in [5, 5.41) is 10.5. The Balaban J connectivity index is 2.46. The van der Waals surface area contributed by atoms with Crippen molar-refractivity contribution in [2.24, 2.45) is 0 Å². The van der Waals surface area contributed by atoms with Crippen molar-refractivity contribution in [3.8, 4) is 0 Å². The number of aliphatic hydroxyl groups excluding tert-OH is 1. The maximum absolute atomic E-state index is 12.2. The van der Waals surface area contributed by atoms with Crippen LogP contribution in [0.5, 0.6) is 0 Å². The van der Waals surface area contributed by atoms with Gasteiger partial charge in [0.15, 0.2) is 11.5 Å². The highest BCUT2D eigenvalue weighted by Crippen LogP contribution is 2.37. The highest BCUT2D eigenvalue weighted by Gasteiger charge is 2.41. The van der Waals surface area contributed by atoms with Gasteiger partial charge in [-0.2, -0.15) is 0 Å². The third-order valence-electron chi connectivity index (χ3n) is 3.41. The molecular weight excluding hydrogens is 294 g/mol. The molecule has 0 fully saturated rings. The molecule has 0 spiro atoms. The highest BCUT2D eigenvalue weighted by atomic mass is 35.5. The van der Waals surface area contributed by atoms with Crippen LogP contribution in [0, 0.1) is 0 Å². The number of methoxy groups -OCH3 is 1. The molecule has 1 aromatic rings. The van der Waals surface area contributed by atoms with Crippen LogP contribution in [0.1, 0.15) is 18.5 Å². The maximum Gasteiger partial charge on any atom is 0.290 e. The molecule has 0 radical (unpaired) electrons. The van der Waals surface area contributed by atoms with Crippen molar-refractivity contribution in [3.63, 3.8) is 0 Å². The number of ether oxygens (including phenoxy) is 1. The highest BCUT2D eigenvalue weighted by molar-refractivity contribution is 6.30. The Morgan fingerprint density at radius 3 is 2.52 bits per heavy atom. The van der Waals surface area contributed by atoms with Crippen LogP contribution in [0.15, 0.2) is 35.6 Å². The second-order valence-corrected chi connectivity index (χ2v) is 5.20. The van der Waals surface area contributed by atoms with Crippen LogP contribution in [0.4, 0.5) is 0 Å². The maximum atomic E-state index is 12.2. The van der Waals surface area contributed by atoms with Gasteiger partial charge in [-0.3, -0.25) is 9.59 Å². The van der Waals surface area contributed by atoms with Crippen molar-refractivity contribution in [2.75, 3.05) is 20.3 Å². The minimum Gasteiger partial charge on any atom is -0.503 e. The zero-order chi connectivity index (χ0) is 15.6. The minimum absolute atomic E-state index is 0.110. The molecule has 0 aliphatic carbocycles. The Morgan fingerprint density at radius 1 is 1.38 bits per heavy atom. The number of amides is 1. The Morgan fingerprint density at radius 2 is 2.00 bits per heavy atom. The summed E-state index contributed by atoms with van der Waals surface area (Å²) in [6.45, 7) is 1.93. The summed E-state index contributed by atoms with van der Waals surface area (Å²) < 4.78 is 4.99. The number of Topliss-reactive ketones (excluding diaryl/α,β-unsaturated/α-hetero) is 1. The van der Waals surface area contributed by atoms with Crippen molar-refractivity contribution in [1.29, 1.82) is 0 Å². The summed E-state index contributed by atoms with van der Waals surface area (Å²) in [7, 11) is 1.52. The lowest BCUT2D eigenvalue weighted by Gasteiger charge is -2.26. The van der Waals surface area contributed by atoms with Gasteiger partial charge in [-0.05, 0) is 24.6 Å². The Bertz CT molecular complexity index is 594.